The fourth-order valence-electron chi connectivity index (χ4n) is 10.2. The molecule has 2 amide bonds. The van der Waals surface area contributed by atoms with Crippen molar-refractivity contribution in [3.05, 3.63) is 95.1 Å². The molecule has 3 aliphatic heterocycles. The Morgan fingerprint density at radius 3 is 2.40 bits per heavy atom. The van der Waals surface area contributed by atoms with Crippen LogP contribution in [0.5, 0.6) is 5.75 Å². The number of nitrogen functional groups attached to an aromatic ring is 1. The molecule has 3 atom stereocenters. The average Bonchev–Trinajstić information content (AvgIpc) is 4.21. The topological polar surface area (TPSA) is 201 Å². The number of aliphatic hydroxyl groups excluding tert-OH is 1. The van der Waals surface area contributed by atoms with Gasteiger partial charge in [-0.2, -0.15) is 4.98 Å². The minimum absolute atomic E-state index is 0.0129. The van der Waals surface area contributed by atoms with Gasteiger partial charge in [0.05, 0.1) is 45.6 Å². The first kappa shape index (κ1) is 50.6. The van der Waals surface area contributed by atoms with Crippen molar-refractivity contribution in [3.8, 4) is 39.3 Å². The summed E-state index contributed by atoms with van der Waals surface area (Å²) >= 11 is 1.62. The second-order valence-electron chi connectivity index (χ2n) is 20.1. The van der Waals surface area contributed by atoms with Crippen LogP contribution in [0.25, 0.3) is 27.5 Å². The van der Waals surface area contributed by atoms with Crippen molar-refractivity contribution in [2.75, 3.05) is 56.5 Å². The number of carbonyl (C=O) groups is 2. The van der Waals surface area contributed by atoms with Gasteiger partial charge in [0.2, 0.25) is 17.6 Å². The van der Waals surface area contributed by atoms with E-state index in [2.05, 4.69) is 71.3 Å². The summed E-state index contributed by atoms with van der Waals surface area (Å²) in [5, 5.41) is 27.4. The Balaban J connectivity index is 0.000000214. The van der Waals surface area contributed by atoms with Gasteiger partial charge in [0.1, 0.15) is 30.1 Å². The number of aromatic hydroxyl groups is 1. The van der Waals surface area contributed by atoms with Crippen molar-refractivity contribution in [1.82, 2.24) is 39.6 Å². The molecule has 3 unspecified atom stereocenters. The zero-order valence-electron chi connectivity index (χ0n) is 41.9. The normalized spacial score (nSPS) is 18.8. The number of hydrogen-bond donors (Lipinski definition) is 4. The van der Waals surface area contributed by atoms with Crippen molar-refractivity contribution >= 4 is 40.6 Å². The molecule has 10 rings (SSSR count). The van der Waals surface area contributed by atoms with E-state index in [0.717, 1.165) is 105 Å². The maximum absolute atomic E-state index is 14.1. The Morgan fingerprint density at radius 1 is 0.944 bits per heavy atom. The highest BCUT2D eigenvalue weighted by Crippen LogP contribution is 2.35. The number of benzene rings is 2. The number of likely N-dealkylation sites (tertiary alicyclic amines) is 2. The number of carbonyl (C=O) groups excluding carboxylic acids is 2. The molecule has 17 heteroatoms. The number of rotatable bonds is 13. The van der Waals surface area contributed by atoms with E-state index >= 15 is 0 Å². The Bertz CT molecular complexity index is 2850. The number of aromatic nitrogens is 5. The third kappa shape index (κ3) is 12.0. The van der Waals surface area contributed by atoms with Crippen LogP contribution in [0, 0.1) is 30.6 Å². The van der Waals surface area contributed by atoms with E-state index in [1.165, 1.54) is 6.42 Å². The summed E-state index contributed by atoms with van der Waals surface area (Å²) in [5.74, 6) is 8.28. The highest BCUT2D eigenvalue weighted by atomic mass is 32.1. The van der Waals surface area contributed by atoms with Gasteiger partial charge in [-0.15, -0.1) is 11.3 Å². The van der Waals surface area contributed by atoms with Crippen LogP contribution in [0.3, 0.4) is 0 Å². The molecule has 3 saturated heterocycles. The number of aryl methyl sites for hydroxylation is 1. The minimum Gasteiger partial charge on any atom is -0.507 e. The molecule has 72 heavy (non-hydrogen) atoms. The quantitative estimate of drug-likeness (QED) is 0.0813. The second kappa shape index (κ2) is 23.0. The van der Waals surface area contributed by atoms with E-state index in [0.29, 0.717) is 65.8 Å². The number of nitrogens with zero attached hydrogens (tertiary/aromatic N) is 8. The summed E-state index contributed by atoms with van der Waals surface area (Å²) in [6, 6.07) is 16.6. The van der Waals surface area contributed by atoms with Gasteiger partial charge in [0, 0.05) is 63.3 Å². The van der Waals surface area contributed by atoms with Crippen molar-refractivity contribution in [2.45, 2.75) is 116 Å². The number of thiazole rings is 1. The number of phenolic OH excluding ortho intramolecular Hbond substituents is 1. The number of fused-ring (bicyclic) bond motifs is 1. The second-order valence-corrected chi connectivity index (χ2v) is 21.0. The van der Waals surface area contributed by atoms with Gasteiger partial charge in [-0.05, 0) is 107 Å². The van der Waals surface area contributed by atoms with Crippen LogP contribution >= 0.6 is 11.3 Å². The summed E-state index contributed by atoms with van der Waals surface area (Å²) in [4.78, 5) is 48.4. The highest BCUT2D eigenvalue weighted by molar-refractivity contribution is 7.13. The van der Waals surface area contributed by atoms with Gasteiger partial charge in [0.25, 0.3) is 0 Å². The Hall–Kier alpha value is -6.32. The lowest BCUT2D eigenvalue weighted by molar-refractivity contribution is -0.141. The Labute approximate surface area is 426 Å². The molecule has 380 valence electrons. The number of anilines is 2. The van der Waals surface area contributed by atoms with E-state index in [1.807, 2.05) is 45.3 Å². The van der Waals surface area contributed by atoms with Crippen molar-refractivity contribution in [2.24, 2.45) is 11.8 Å². The number of nitrogens with two attached hydrogens (primary N) is 1. The van der Waals surface area contributed by atoms with Gasteiger partial charge < -0.3 is 45.2 Å². The zero-order valence-corrected chi connectivity index (χ0v) is 42.7. The molecule has 1 aliphatic carbocycles. The molecule has 0 radical (unpaired) electrons. The predicted octanol–water partition coefficient (Wildman–Crippen LogP) is 7.99. The lowest BCUT2D eigenvalue weighted by Crippen LogP contribution is -2.48. The van der Waals surface area contributed by atoms with Crippen LogP contribution in [0.2, 0.25) is 0 Å². The maximum atomic E-state index is 14.1. The molecule has 4 fully saturated rings. The monoisotopic (exact) mass is 997 g/mol. The third-order valence-corrected chi connectivity index (χ3v) is 15.7. The van der Waals surface area contributed by atoms with Crippen LogP contribution < -0.4 is 16.0 Å². The number of nitrogens with one attached hydrogen (secondary N) is 1. The summed E-state index contributed by atoms with van der Waals surface area (Å²) in [6.45, 7) is 13.9. The van der Waals surface area contributed by atoms with Crippen LogP contribution in [-0.2, 0) is 14.3 Å². The zero-order chi connectivity index (χ0) is 50.3. The molecule has 0 bridgehead atoms. The number of amides is 2. The van der Waals surface area contributed by atoms with Gasteiger partial charge >= 0.3 is 0 Å². The smallest absolute Gasteiger partial charge is 0.243 e. The molecule has 6 aromatic rings. The summed E-state index contributed by atoms with van der Waals surface area (Å²) in [5.41, 5.74) is 12.9. The number of piperidine rings is 2. The number of phenols is 1. The number of para-hydroxylation sites is 1. The molecular weight excluding hydrogens is 929 g/mol. The number of imidazole rings is 1. The fourth-order valence-corrected chi connectivity index (χ4v) is 11.0. The first-order valence-corrected chi connectivity index (χ1v) is 26.5. The van der Waals surface area contributed by atoms with Crippen molar-refractivity contribution in [3.63, 3.8) is 0 Å². The molecule has 1 saturated carbocycles. The highest BCUT2D eigenvalue weighted by Gasteiger charge is 2.41. The van der Waals surface area contributed by atoms with E-state index in [9.17, 15) is 19.8 Å². The lowest BCUT2D eigenvalue weighted by Gasteiger charge is -2.36. The first-order valence-electron chi connectivity index (χ1n) is 25.7. The minimum atomic E-state index is -0.505. The number of aliphatic hydroxyl groups is 1. The maximum Gasteiger partial charge on any atom is 0.243 e. The average molecular weight is 997 g/mol. The summed E-state index contributed by atoms with van der Waals surface area (Å²) in [7, 11) is 0. The van der Waals surface area contributed by atoms with Crippen molar-refractivity contribution in [1.29, 1.82) is 0 Å². The molecule has 4 aliphatic rings. The van der Waals surface area contributed by atoms with E-state index in [-0.39, 0.29) is 35.6 Å². The van der Waals surface area contributed by atoms with E-state index in [4.69, 9.17) is 15.0 Å². The van der Waals surface area contributed by atoms with Crippen LogP contribution in [0.4, 0.5) is 11.6 Å². The van der Waals surface area contributed by atoms with Crippen molar-refractivity contribution < 1.29 is 29.1 Å². The lowest BCUT2D eigenvalue weighted by atomic mass is 9.91. The number of ether oxygens (including phenoxy) is 1. The molecule has 7 heterocycles. The largest absolute Gasteiger partial charge is 0.507 e. The molecule has 5 N–H and O–H groups in total. The first-order chi connectivity index (χ1) is 34.9. The van der Waals surface area contributed by atoms with Gasteiger partial charge in [-0.3, -0.25) is 14.0 Å². The molecule has 4 aromatic heterocycles. The van der Waals surface area contributed by atoms with Gasteiger partial charge in [-0.1, -0.05) is 67.2 Å². The molecule has 0 spiro atoms. The molecular formula is C55H68N10O6S. The Morgan fingerprint density at radius 2 is 1.71 bits per heavy atom. The van der Waals surface area contributed by atoms with Gasteiger partial charge in [-0.25, -0.2) is 9.97 Å². The predicted molar refractivity (Wildman–Crippen MR) is 279 cm³/mol. The standard InChI is InChI=1S/C36H50N6O4S.C19H18N4O2/c1-23(2)33(31-20-32(39-46-31)41-18-11-26(12-19-41)21-40-16-13-29(43)14-17-40)36(45)42-15-5-6-30(42)35(44)38-24(3)27-7-9-28(10-8-27)34-25(4)37-22-47-34;20-18-13(5-4-10-25-14-6-3-7-14)11-23-12-16(21-19(23)22-18)15-8-1-2-9-17(15)24/h7-10,20,22-24,26,29-30,33,43H,5-6,11-19,21H2,1-4H3,(H,38,44);1-2,8-9,11-12,14,24H,3,6-7,10H2,(H2,20,21,22). The molecule has 2 aromatic carbocycles. The third-order valence-electron chi connectivity index (χ3n) is 14.7. The van der Waals surface area contributed by atoms with E-state index in [1.54, 1.807) is 51.2 Å². The fraction of sp³-hybridized carbons (Fsp3) is 0.491. The van der Waals surface area contributed by atoms with Crippen LogP contribution in [0.15, 0.2) is 77.0 Å². The van der Waals surface area contributed by atoms with Gasteiger partial charge in [0.15, 0.2) is 11.6 Å². The van der Waals surface area contributed by atoms with E-state index < -0.39 is 12.0 Å². The summed E-state index contributed by atoms with van der Waals surface area (Å²) in [6.07, 6.45) is 12.7. The molecule has 16 nitrogen and oxygen atoms in total. The Kier molecular flexibility index (Phi) is 16.2. The summed E-state index contributed by atoms with van der Waals surface area (Å²) < 4.78 is 13.2. The van der Waals surface area contributed by atoms with Crippen LogP contribution in [-0.4, -0.2) is 120 Å². The number of hydrogen-bond acceptors (Lipinski definition) is 14. The van der Waals surface area contributed by atoms with Crippen LogP contribution in [0.1, 0.15) is 113 Å². The SMILES string of the molecule is Cc1ncsc1-c1ccc(C(C)NC(=O)C2CCCN2C(=O)C(c2cc(N3CCC(CN4CCC(O)CC4)CC3)no2)C(C)C)cc1.Nc1nc2nc(-c3ccccc3O)cn2cc1C#CCOC1CCC1.